The molecule has 0 bridgehead atoms. The number of para-hydroxylation sites is 1. The lowest BCUT2D eigenvalue weighted by Gasteiger charge is -2.11. The van der Waals surface area contributed by atoms with Gasteiger partial charge in [-0.15, -0.1) is 0 Å². The summed E-state index contributed by atoms with van der Waals surface area (Å²) in [4.78, 5) is 11.8. The molecule has 0 spiro atoms. The average molecular weight is 314 g/mol. The Labute approximate surface area is 135 Å². The first-order valence-electron chi connectivity index (χ1n) is 6.95. The van der Waals surface area contributed by atoms with Gasteiger partial charge in [0.25, 0.3) is 5.91 Å². The quantitative estimate of drug-likeness (QED) is 0.833. The summed E-state index contributed by atoms with van der Waals surface area (Å²) in [6, 6.07) is 17.4. The molecule has 0 saturated heterocycles. The summed E-state index contributed by atoms with van der Waals surface area (Å²) in [5, 5.41) is 5.87. The number of hydrogen-bond acceptors (Lipinski definition) is 3. The molecule has 0 radical (unpaired) electrons. The second-order valence-corrected chi connectivity index (χ2v) is 5.18. The zero-order chi connectivity index (χ0) is 15.8. The van der Waals surface area contributed by atoms with E-state index in [9.17, 15) is 4.79 Å². The van der Waals surface area contributed by atoms with Gasteiger partial charge < -0.3 is 15.4 Å². The lowest BCUT2D eigenvalue weighted by atomic mass is 10.2. The molecular weight excluding hydrogens is 296 g/mol. The van der Waals surface area contributed by atoms with Crippen LogP contribution in [0, 0.1) is 6.92 Å². The highest BCUT2D eigenvalue weighted by molar-refractivity contribution is 7.80. The minimum atomic E-state index is -0.284. The molecular formula is C17H18N2O2S. The molecule has 2 aromatic rings. The minimum Gasteiger partial charge on any atom is -0.483 e. The van der Waals surface area contributed by atoms with Crippen LogP contribution in [0.25, 0.3) is 0 Å². The number of carbonyl (C=O) groups is 1. The van der Waals surface area contributed by atoms with Crippen molar-refractivity contribution in [1.82, 2.24) is 10.6 Å². The molecule has 114 valence electrons. The van der Waals surface area contributed by atoms with Crippen molar-refractivity contribution in [3.8, 4) is 5.75 Å². The Morgan fingerprint density at radius 2 is 1.77 bits per heavy atom. The van der Waals surface area contributed by atoms with Crippen LogP contribution in [0.2, 0.25) is 0 Å². The molecule has 0 aliphatic heterocycles. The zero-order valence-electron chi connectivity index (χ0n) is 12.3. The maximum Gasteiger partial charge on any atom is 0.264 e. The smallest absolute Gasteiger partial charge is 0.264 e. The van der Waals surface area contributed by atoms with Gasteiger partial charge >= 0.3 is 0 Å². The van der Waals surface area contributed by atoms with Crippen molar-refractivity contribution in [2.24, 2.45) is 0 Å². The Bertz CT molecular complexity index is 644. The van der Waals surface area contributed by atoms with E-state index in [0.717, 1.165) is 11.1 Å². The number of benzene rings is 2. The normalized spacial score (nSPS) is 9.86. The summed E-state index contributed by atoms with van der Waals surface area (Å²) < 4.78 is 5.46. The van der Waals surface area contributed by atoms with Gasteiger partial charge in [-0.25, -0.2) is 0 Å². The molecule has 0 saturated carbocycles. The van der Waals surface area contributed by atoms with Gasteiger partial charge in [0.05, 0.1) is 0 Å². The van der Waals surface area contributed by atoms with Crippen LogP contribution < -0.4 is 15.4 Å². The number of amides is 1. The summed E-state index contributed by atoms with van der Waals surface area (Å²) >= 11 is 5.09. The molecule has 1 amide bonds. The van der Waals surface area contributed by atoms with Crippen LogP contribution >= 0.6 is 12.2 Å². The SMILES string of the molecule is Cc1ccccc1OCC(=O)NC(=S)NCc1ccccc1. The van der Waals surface area contributed by atoms with Crippen LogP contribution in [-0.2, 0) is 11.3 Å². The van der Waals surface area contributed by atoms with E-state index in [1.807, 2.05) is 61.5 Å². The van der Waals surface area contributed by atoms with Crippen molar-refractivity contribution in [2.45, 2.75) is 13.5 Å². The molecule has 0 atom stereocenters. The predicted molar refractivity (Wildman–Crippen MR) is 90.7 cm³/mol. The first-order chi connectivity index (χ1) is 10.6. The van der Waals surface area contributed by atoms with Crippen LogP contribution in [0.4, 0.5) is 0 Å². The first-order valence-corrected chi connectivity index (χ1v) is 7.36. The van der Waals surface area contributed by atoms with Crippen molar-refractivity contribution in [1.29, 1.82) is 0 Å². The monoisotopic (exact) mass is 314 g/mol. The second kappa shape index (κ2) is 8.14. The van der Waals surface area contributed by atoms with Crippen molar-refractivity contribution in [3.05, 3.63) is 65.7 Å². The number of nitrogens with one attached hydrogen (secondary N) is 2. The lowest BCUT2D eigenvalue weighted by molar-refractivity contribution is -0.121. The summed E-state index contributed by atoms with van der Waals surface area (Å²) in [7, 11) is 0. The number of rotatable bonds is 5. The average Bonchev–Trinajstić information content (AvgIpc) is 2.53. The number of aryl methyl sites for hydroxylation is 1. The number of ether oxygens (including phenoxy) is 1. The third-order valence-corrected chi connectivity index (χ3v) is 3.25. The summed E-state index contributed by atoms with van der Waals surface area (Å²) in [5.74, 6) is 0.412. The van der Waals surface area contributed by atoms with Gasteiger partial charge in [-0.3, -0.25) is 4.79 Å². The standard InChI is InChI=1S/C17H18N2O2S/c1-13-7-5-6-10-15(13)21-12-16(20)19-17(22)18-11-14-8-3-2-4-9-14/h2-10H,11-12H2,1H3,(H2,18,19,20,22). The van der Waals surface area contributed by atoms with Crippen molar-refractivity contribution >= 4 is 23.2 Å². The Kier molecular flexibility index (Phi) is 5.91. The highest BCUT2D eigenvalue weighted by atomic mass is 32.1. The van der Waals surface area contributed by atoms with Crippen LogP contribution in [0.1, 0.15) is 11.1 Å². The van der Waals surface area contributed by atoms with Crippen molar-refractivity contribution in [2.75, 3.05) is 6.61 Å². The summed E-state index contributed by atoms with van der Waals surface area (Å²) in [6.45, 7) is 2.43. The van der Waals surface area contributed by atoms with Gasteiger partial charge in [0.15, 0.2) is 11.7 Å². The number of carbonyl (C=O) groups excluding carboxylic acids is 1. The van der Waals surface area contributed by atoms with E-state index in [4.69, 9.17) is 17.0 Å². The van der Waals surface area contributed by atoms with Gasteiger partial charge in [-0.2, -0.15) is 0 Å². The van der Waals surface area contributed by atoms with Crippen molar-refractivity contribution < 1.29 is 9.53 Å². The van der Waals surface area contributed by atoms with Crippen LogP contribution in [0.15, 0.2) is 54.6 Å². The van der Waals surface area contributed by atoms with E-state index in [-0.39, 0.29) is 12.5 Å². The van der Waals surface area contributed by atoms with Gasteiger partial charge in [0, 0.05) is 6.54 Å². The van der Waals surface area contributed by atoms with Gasteiger partial charge in [-0.1, -0.05) is 48.5 Å². The molecule has 0 aliphatic carbocycles. The molecule has 0 fully saturated rings. The fourth-order valence-electron chi connectivity index (χ4n) is 1.85. The minimum absolute atomic E-state index is 0.0714. The van der Waals surface area contributed by atoms with E-state index in [1.165, 1.54) is 0 Å². The van der Waals surface area contributed by atoms with Gasteiger partial charge in [-0.05, 0) is 36.3 Å². The van der Waals surface area contributed by atoms with Crippen LogP contribution in [-0.4, -0.2) is 17.6 Å². The molecule has 0 aromatic heterocycles. The molecule has 5 heteroatoms. The highest BCUT2D eigenvalue weighted by Crippen LogP contribution is 2.15. The summed E-state index contributed by atoms with van der Waals surface area (Å²) in [6.07, 6.45) is 0. The Morgan fingerprint density at radius 3 is 2.50 bits per heavy atom. The molecule has 2 N–H and O–H groups in total. The topological polar surface area (TPSA) is 50.4 Å². The Hall–Kier alpha value is -2.40. The Morgan fingerprint density at radius 1 is 1.09 bits per heavy atom. The second-order valence-electron chi connectivity index (χ2n) is 4.77. The lowest BCUT2D eigenvalue weighted by Crippen LogP contribution is -2.41. The molecule has 0 aliphatic rings. The molecule has 0 heterocycles. The van der Waals surface area contributed by atoms with Crippen molar-refractivity contribution in [3.63, 3.8) is 0 Å². The van der Waals surface area contributed by atoms with Crippen LogP contribution in [0.3, 0.4) is 0 Å². The Balaban J connectivity index is 1.72. The summed E-state index contributed by atoms with van der Waals surface area (Å²) in [5.41, 5.74) is 2.08. The third-order valence-electron chi connectivity index (χ3n) is 3.00. The van der Waals surface area contributed by atoms with E-state index in [1.54, 1.807) is 0 Å². The van der Waals surface area contributed by atoms with E-state index >= 15 is 0 Å². The number of thiocarbonyl (C=S) groups is 1. The van der Waals surface area contributed by atoms with Gasteiger partial charge in [0.2, 0.25) is 0 Å². The number of hydrogen-bond donors (Lipinski definition) is 2. The third kappa shape index (κ3) is 5.18. The fraction of sp³-hybridized carbons (Fsp3) is 0.176. The first kappa shape index (κ1) is 16.0. The largest absolute Gasteiger partial charge is 0.483 e. The molecule has 2 aromatic carbocycles. The van der Waals surface area contributed by atoms with E-state index in [2.05, 4.69) is 10.6 Å². The van der Waals surface area contributed by atoms with Gasteiger partial charge in [0.1, 0.15) is 5.75 Å². The molecule has 4 nitrogen and oxygen atoms in total. The maximum absolute atomic E-state index is 11.8. The predicted octanol–water partition coefficient (Wildman–Crippen LogP) is 2.56. The zero-order valence-corrected chi connectivity index (χ0v) is 13.2. The molecule has 2 rings (SSSR count). The van der Waals surface area contributed by atoms with E-state index in [0.29, 0.717) is 17.4 Å². The maximum atomic E-state index is 11.8. The van der Waals surface area contributed by atoms with E-state index < -0.39 is 0 Å². The van der Waals surface area contributed by atoms with Crippen LogP contribution in [0.5, 0.6) is 5.75 Å². The highest BCUT2D eigenvalue weighted by Gasteiger charge is 2.06. The molecule has 22 heavy (non-hydrogen) atoms. The fourth-order valence-corrected chi connectivity index (χ4v) is 2.03. The molecule has 0 unspecified atom stereocenters.